The highest BCUT2D eigenvalue weighted by atomic mass is 32.2. The number of rotatable bonds is 7. The first-order valence-corrected chi connectivity index (χ1v) is 20.0. The SMILES string of the molecule is Cc1cc(C[C@@H](OC(=O)N2CCC(N3CCc4ccccc4NC3=O)CC2)C(=O)N2CCC(C3CCN(S(C)(=O)=O)CC3)CC2)cc(C(F)(F)F)c1. The number of sulfonamides is 1. The fraction of sp³-hybridized carbons (Fsp3) is 0.595. The van der Waals surface area contributed by atoms with Gasteiger partial charge in [0.05, 0.1) is 11.8 Å². The first-order chi connectivity index (χ1) is 24.7. The smallest absolute Gasteiger partial charge is 0.416 e. The second-order valence-corrected chi connectivity index (χ2v) is 16.7. The topological polar surface area (TPSA) is 120 Å². The highest BCUT2D eigenvalue weighted by molar-refractivity contribution is 7.88. The Balaban J connectivity index is 1.09. The number of piperidine rings is 3. The molecule has 52 heavy (non-hydrogen) atoms. The third-order valence-electron chi connectivity index (χ3n) is 11.2. The molecule has 0 saturated carbocycles. The number of anilines is 1. The van der Waals surface area contributed by atoms with Crippen molar-refractivity contribution >= 4 is 33.7 Å². The van der Waals surface area contributed by atoms with E-state index in [0.29, 0.717) is 95.3 Å². The number of amides is 4. The maximum Gasteiger partial charge on any atom is 0.416 e. The van der Waals surface area contributed by atoms with Gasteiger partial charge in [-0.3, -0.25) is 4.79 Å². The highest BCUT2D eigenvalue weighted by Gasteiger charge is 2.38. The molecule has 1 N–H and O–H groups in total. The zero-order valence-electron chi connectivity index (χ0n) is 29.7. The molecule has 11 nitrogen and oxygen atoms in total. The molecule has 0 bridgehead atoms. The number of hydrogen-bond donors (Lipinski definition) is 1. The maximum absolute atomic E-state index is 14.0. The van der Waals surface area contributed by atoms with E-state index in [1.165, 1.54) is 15.5 Å². The Kier molecular flexibility index (Phi) is 11.4. The van der Waals surface area contributed by atoms with E-state index in [1.807, 2.05) is 29.2 Å². The van der Waals surface area contributed by atoms with Crippen LogP contribution in [0.4, 0.5) is 28.4 Å². The lowest BCUT2D eigenvalue weighted by molar-refractivity contribution is -0.142. The number of nitrogens with zero attached hydrogens (tertiary/aromatic N) is 4. The largest absolute Gasteiger partial charge is 0.436 e. The number of carbonyl (C=O) groups excluding carboxylic acids is 3. The second kappa shape index (κ2) is 15.6. The molecule has 4 amide bonds. The van der Waals surface area contributed by atoms with Crippen LogP contribution in [0.3, 0.4) is 0 Å². The van der Waals surface area contributed by atoms with Gasteiger partial charge < -0.3 is 24.8 Å². The Morgan fingerprint density at radius 3 is 2.13 bits per heavy atom. The number of para-hydroxylation sites is 1. The Morgan fingerprint density at radius 2 is 1.50 bits per heavy atom. The summed E-state index contributed by atoms with van der Waals surface area (Å²) in [6.45, 7) is 4.49. The van der Waals surface area contributed by atoms with Gasteiger partial charge in [0.2, 0.25) is 10.0 Å². The van der Waals surface area contributed by atoms with Gasteiger partial charge in [0.1, 0.15) is 0 Å². The van der Waals surface area contributed by atoms with Crippen LogP contribution in [0.25, 0.3) is 0 Å². The number of hydrogen-bond acceptors (Lipinski definition) is 6. The summed E-state index contributed by atoms with van der Waals surface area (Å²) in [5.74, 6) is 0.222. The summed E-state index contributed by atoms with van der Waals surface area (Å²) in [5, 5.41) is 2.99. The minimum atomic E-state index is -4.58. The molecule has 0 unspecified atom stereocenters. The number of fused-ring (bicyclic) bond motifs is 1. The fourth-order valence-corrected chi connectivity index (χ4v) is 9.18. The Morgan fingerprint density at radius 1 is 0.885 bits per heavy atom. The molecule has 0 aliphatic carbocycles. The second-order valence-electron chi connectivity index (χ2n) is 14.7. The molecule has 1 atom stereocenters. The van der Waals surface area contributed by atoms with Crippen LogP contribution in [0, 0.1) is 18.8 Å². The van der Waals surface area contributed by atoms with E-state index < -0.39 is 39.9 Å². The predicted octanol–water partition coefficient (Wildman–Crippen LogP) is 5.53. The number of likely N-dealkylation sites (tertiary alicyclic amines) is 2. The van der Waals surface area contributed by atoms with Crippen LogP contribution in [-0.2, 0) is 38.6 Å². The molecule has 6 rings (SSSR count). The van der Waals surface area contributed by atoms with Crippen molar-refractivity contribution in [2.45, 2.75) is 76.6 Å². The number of aryl methyl sites for hydroxylation is 1. The molecule has 2 aromatic rings. The van der Waals surface area contributed by atoms with Gasteiger partial charge in [-0.15, -0.1) is 0 Å². The normalized spacial score (nSPS) is 20.9. The monoisotopic (exact) mass is 747 g/mol. The van der Waals surface area contributed by atoms with Crippen molar-refractivity contribution in [2.75, 3.05) is 57.4 Å². The third kappa shape index (κ3) is 9.02. The molecule has 0 aromatic heterocycles. The van der Waals surface area contributed by atoms with Crippen molar-refractivity contribution in [3.05, 3.63) is 64.7 Å². The average Bonchev–Trinajstić information content (AvgIpc) is 3.28. The van der Waals surface area contributed by atoms with E-state index in [9.17, 15) is 36.0 Å². The van der Waals surface area contributed by atoms with Crippen molar-refractivity contribution < 1.29 is 40.7 Å². The minimum absolute atomic E-state index is 0.0937. The molecule has 4 aliphatic heterocycles. The number of urea groups is 1. The third-order valence-corrected chi connectivity index (χ3v) is 12.5. The van der Waals surface area contributed by atoms with E-state index in [1.54, 1.807) is 17.9 Å². The van der Waals surface area contributed by atoms with Gasteiger partial charge in [-0.25, -0.2) is 22.3 Å². The zero-order chi connectivity index (χ0) is 37.2. The number of ether oxygens (including phenoxy) is 1. The van der Waals surface area contributed by atoms with Gasteiger partial charge >= 0.3 is 18.3 Å². The number of carbonyl (C=O) groups is 3. The molecule has 4 heterocycles. The highest BCUT2D eigenvalue weighted by Crippen LogP contribution is 2.34. The number of halogens is 3. The molecule has 4 aliphatic rings. The molecule has 3 saturated heterocycles. The Bertz CT molecular complexity index is 1730. The van der Waals surface area contributed by atoms with Crippen LogP contribution in [0.2, 0.25) is 0 Å². The van der Waals surface area contributed by atoms with Crippen LogP contribution < -0.4 is 5.32 Å². The fourth-order valence-electron chi connectivity index (χ4n) is 8.31. The average molecular weight is 748 g/mol. The number of benzene rings is 2. The summed E-state index contributed by atoms with van der Waals surface area (Å²) in [7, 11) is -3.23. The first-order valence-electron chi connectivity index (χ1n) is 18.2. The summed E-state index contributed by atoms with van der Waals surface area (Å²) in [5.41, 5.74) is 1.66. The summed E-state index contributed by atoms with van der Waals surface area (Å²) < 4.78 is 72.4. The van der Waals surface area contributed by atoms with Crippen molar-refractivity contribution in [3.63, 3.8) is 0 Å². The number of nitrogens with one attached hydrogen (secondary N) is 1. The van der Waals surface area contributed by atoms with Crippen molar-refractivity contribution in [2.24, 2.45) is 11.8 Å². The van der Waals surface area contributed by atoms with E-state index >= 15 is 0 Å². The lowest BCUT2D eigenvalue weighted by atomic mass is 9.79. The Hall–Kier alpha value is -3.85. The van der Waals surface area contributed by atoms with E-state index in [4.69, 9.17) is 4.74 Å². The number of alkyl halides is 3. The van der Waals surface area contributed by atoms with Crippen molar-refractivity contribution in [1.82, 2.24) is 19.0 Å². The molecule has 284 valence electrons. The first kappa shape index (κ1) is 37.9. The van der Waals surface area contributed by atoms with Crippen molar-refractivity contribution in [3.8, 4) is 0 Å². The molecule has 0 radical (unpaired) electrons. The minimum Gasteiger partial charge on any atom is -0.436 e. The molecule has 15 heteroatoms. The molecule has 0 spiro atoms. The summed E-state index contributed by atoms with van der Waals surface area (Å²) in [4.78, 5) is 45.7. The maximum atomic E-state index is 14.0. The zero-order valence-corrected chi connectivity index (χ0v) is 30.6. The van der Waals surface area contributed by atoms with Crippen LogP contribution in [0.5, 0.6) is 0 Å². The Labute approximate surface area is 303 Å². The van der Waals surface area contributed by atoms with Crippen LogP contribution in [0.15, 0.2) is 42.5 Å². The van der Waals surface area contributed by atoms with Gasteiger partial charge in [0, 0.05) is 64.0 Å². The van der Waals surface area contributed by atoms with E-state index in [-0.39, 0.29) is 24.1 Å². The van der Waals surface area contributed by atoms with Gasteiger partial charge in [-0.1, -0.05) is 29.8 Å². The quantitative estimate of drug-likeness (QED) is 0.399. The van der Waals surface area contributed by atoms with Crippen LogP contribution in [0.1, 0.15) is 60.8 Å². The lowest BCUT2D eigenvalue weighted by Crippen LogP contribution is -2.52. The standard InChI is InChI=1S/C37H48F3N5O6S/c1-25-21-26(23-30(22-25)37(38,39)40)24-33(34(46)42-14-7-27(8-15-42)28-9-18-44(19-10-28)52(2,49)50)51-36(48)43-16-12-31(13-17-43)45-20-11-29-5-3-4-6-32(29)41-35(45)47/h3-6,21-23,27-28,31,33H,7-20,24H2,1-2H3,(H,41,47)/t33-/m1/s1. The van der Waals surface area contributed by atoms with E-state index in [2.05, 4.69) is 5.32 Å². The predicted molar refractivity (Wildman–Crippen MR) is 189 cm³/mol. The molecule has 3 fully saturated rings. The summed E-state index contributed by atoms with van der Waals surface area (Å²) in [6.07, 6.45) is -0.920. The van der Waals surface area contributed by atoms with E-state index in [0.717, 1.165) is 36.2 Å². The molecular weight excluding hydrogens is 699 g/mol. The van der Waals surface area contributed by atoms with Crippen molar-refractivity contribution in [1.29, 1.82) is 0 Å². The van der Waals surface area contributed by atoms with Gasteiger partial charge in [-0.2, -0.15) is 13.2 Å². The van der Waals surface area contributed by atoms with Gasteiger partial charge in [0.15, 0.2) is 6.10 Å². The summed E-state index contributed by atoms with van der Waals surface area (Å²) >= 11 is 0. The summed E-state index contributed by atoms with van der Waals surface area (Å²) in [6, 6.07) is 11.0. The molecular formula is C37H48F3N5O6S. The van der Waals surface area contributed by atoms with Crippen LogP contribution in [-0.4, -0.2) is 110 Å². The van der Waals surface area contributed by atoms with Gasteiger partial charge in [-0.05, 0) is 93.0 Å². The van der Waals surface area contributed by atoms with Gasteiger partial charge in [0.25, 0.3) is 5.91 Å². The molecule has 2 aromatic carbocycles. The lowest BCUT2D eigenvalue weighted by Gasteiger charge is -2.40. The van der Waals surface area contributed by atoms with Crippen LogP contribution >= 0.6 is 0 Å².